The summed E-state index contributed by atoms with van der Waals surface area (Å²) in [5.74, 6) is -1.42. The van der Waals surface area contributed by atoms with Crippen LogP contribution in [-0.4, -0.2) is 11.7 Å². The molecule has 0 aliphatic rings. The van der Waals surface area contributed by atoms with E-state index in [-0.39, 0.29) is 21.5 Å². The van der Waals surface area contributed by atoms with E-state index in [9.17, 15) is 9.18 Å². The van der Waals surface area contributed by atoms with Crippen LogP contribution in [0, 0.1) is 5.82 Å². The van der Waals surface area contributed by atoms with Gasteiger partial charge >= 0.3 is 0 Å². The summed E-state index contributed by atoms with van der Waals surface area (Å²) in [4.78, 5) is 11.1. The Hall–Kier alpha value is -0.310. The third-order valence-corrected chi connectivity index (χ3v) is 2.26. The van der Waals surface area contributed by atoms with Gasteiger partial charge in [0.15, 0.2) is 5.78 Å². The van der Waals surface area contributed by atoms with Crippen LogP contribution in [0.1, 0.15) is 10.4 Å². The predicted molar refractivity (Wildman–Crippen MR) is 51.5 cm³/mol. The van der Waals surface area contributed by atoms with Crippen LogP contribution in [0.4, 0.5) is 4.39 Å². The van der Waals surface area contributed by atoms with Gasteiger partial charge in [0.1, 0.15) is 5.82 Å². The molecule has 13 heavy (non-hydrogen) atoms. The summed E-state index contributed by atoms with van der Waals surface area (Å²) >= 11 is 16.3. The molecular formula is C8H4Cl3FO. The average molecular weight is 241 g/mol. The van der Waals surface area contributed by atoms with Crippen molar-refractivity contribution in [3.63, 3.8) is 0 Å². The topological polar surface area (TPSA) is 17.1 Å². The summed E-state index contributed by atoms with van der Waals surface area (Å²) in [6.07, 6.45) is 0. The minimum Gasteiger partial charge on any atom is -0.293 e. The van der Waals surface area contributed by atoms with Crippen molar-refractivity contribution >= 4 is 40.6 Å². The van der Waals surface area contributed by atoms with Gasteiger partial charge in [-0.25, -0.2) is 4.39 Å². The molecule has 1 rings (SSSR count). The Bertz CT molecular complexity index is 351. The van der Waals surface area contributed by atoms with Gasteiger partial charge in [-0.3, -0.25) is 4.79 Å². The molecule has 0 aliphatic carbocycles. The van der Waals surface area contributed by atoms with Crippen molar-refractivity contribution in [2.75, 3.05) is 5.88 Å². The molecule has 0 aliphatic heterocycles. The van der Waals surface area contributed by atoms with Crippen molar-refractivity contribution in [1.29, 1.82) is 0 Å². The molecular weight excluding hydrogens is 237 g/mol. The number of benzene rings is 1. The molecule has 0 amide bonds. The fraction of sp³-hybridized carbons (Fsp3) is 0.125. The number of halogens is 4. The first kappa shape index (κ1) is 10.8. The highest BCUT2D eigenvalue weighted by Gasteiger charge is 2.13. The Labute approximate surface area is 89.4 Å². The Kier molecular flexibility index (Phi) is 3.54. The van der Waals surface area contributed by atoms with Crippen molar-refractivity contribution in [2.45, 2.75) is 0 Å². The van der Waals surface area contributed by atoms with E-state index in [0.717, 1.165) is 6.07 Å². The lowest BCUT2D eigenvalue weighted by Crippen LogP contribution is -2.02. The summed E-state index contributed by atoms with van der Waals surface area (Å²) < 4.78 is 12.9. The zero-order chi connectivity index (χ0) is 10.0. The summed E-state index contributed by atoms with van der Waals surface area (Å²) in [6.45, 7) is 0. The zero-order valence-electron chi connectivity index (χ0n) is 6.28. The van der Waals surface area contributed by atoms with Crippen molar-refractivity contribution < 1.29 is 9.18 Å². The van der Waals surface area contributed by atoms with Crippen LogP contribution >= 0.6 is 34.8 Å². The van der Waals surface area contributed by atoms with Crippen LogP contribution in [0.5, 0.6) is 0 Å². The summed E-state index contributed by atoms with van der Waals surface area (Å²) in [5, 5.41) is -0.120. The van der Waals surface area contributed by atoms with Gasteiger partial charge in [0, 0.05) is 10.6 Å². The molecule has 5 heteroatoms. The fourth-order valence-electron chi connectivity index (χ4n) is 0.831. The van der Waals surface area contributed by atoms with Crippen LogP contribution in [0.25, 0.3) is 0 Å². The first-order valence-electron chi connectivity index (χ1n) is 3.30. The molecule has 0 aromatic heterocycles. The highest BCUT2D eigenvalue weighted by molar-refractivity contribution is 6.38. The van der Waals surface area contributed by atoms with Gasteiger partial charge in [-0.05, 0) is 12.1 Å². The van der Waals surface area contributed by atoms with Crippen molar-refractivity contribution in [2.24, 2.45) is 0 Å². The van der Waals surface area contributed by atoms with Gasteiger partial charge in [-0.15, -0.1) is 11.6 Å². The molecule has 0 saturated carbocycles. The number of hydrogen-bond donors (Lipinski definition) is 0. The van der Waals surface area contributed by atoms with Crippen molar-refractivity contribution in [3.8, 4) is 0 Å². The Morgan fingerprint density at radius 1 is 1.38 bits per heavy atom. The summed E-state index contributed by atoms with van der Waals surface area (Å²) in [7, 11) is 0. The zero-order valence-corrected chi connectivity index (χ0v) is 8.55. The maximum atomic E-state index is 12.9. The first-order chi connectivity index (χ1) is 6.06. The van der Waals surface area contributed by atoms with Gasteiger partial charge in [0.25, 0.3) is 0 Å². The van der Waals surface area contributed by atoms with Gasteiger partial charge in [-0.1, -0.05) is 23.2 Å². The molecule has 0 unspecified atom stereocenters. The number of hydrogen-bond acceptors (Lipinski definition) is 1. The Balaban J connectivity index is 3.28. The molecule has 0 radical (unpaired) electrons. The van der Waals surface area contributed by atoms with E-state index >= 15 is 0 Å². The van der Waals surface area contributed by atoms with Crippen molar-refractivity contribution in [3.05, 3.63) is 33.6 Å². The third-order valence-electron chi connectivity index (χ3n) is 1.41. The molecule has 1 aromatic rings. The fourth-order valence-corrected chi connectivity index (χ4v) is 1.39. The molecule has 0 heterocycles. The second-order valence-electron chi connectivity index (χ2n) is 2.31. The number of carbonyl (C=O) groups excluding carboxylic acids is 1. The van der Waals surface area contributed by atoms with Crippen LogP contribution in [0.3, 0.4) is 0 Å². The molecule has 70 valence electrons. The first-order valence-corrected chi connectivity index (χ1v) is 4.59. The number of carbonyl (C=O) groups is 1. The van der Waals surface area contributed by atoms with Gasteiger partial charge < -0.3 is 0 Å². The van der Waals surface area contributed by atoms with E-state index in [0.29, 0.717) is 0 Å². The second-order valence-corrected chi connectivity index (χ2v) is 3.39. The van der Waals surface area contributed by atoms with E-state index in [1.54, 1.807) is 0 Å². The van der Waals surface area contributed by atoms with E-state index in [1.807, 2.05) is 0 Å². The summed E-state index contributed by atoms with van der Waals surface area (Å²) in [5.41, 5.74) is 0.0154. The molecule has 1 nitrogen and oxygen atoms in total. The highest BCUT2D eigenvalue weighted by atomic mass is 35.5. The van der Waals surface area contributed by atoms with E-state index in [1.165, 1.54) is 6.07 Å². The molecule has 0 bridgehead atoms. The molecule has 0 saturated heterocycles. The highest BCUT2D eigenvalue weighted by Crippen LogP contribution is 2.25. The Morgan fingerprint density at radius 2 is 2.00 bits per heavy atom. The largest absolute Gasteiger partial charge is 0.293 e. The van der Waals surface area contributed by atoms with E-state index in [4.69, 9.17) is 34.8 Å². The lowest BCUT2D eigenvalue weighted by Gasteiger charge is -2.02. The lowest BCUT2D eigenvalue weighted by atomic mass is 10.1. The number of alkyl halides is 1. The molecule has 0 fully saturated rings. The number of Topliss-reactive ketones (excluding diaryl/α,β-unsaturated/α-hetero) is 1. The standard InChI is InChI=1S/C8H4Cl3FO/c9-3-7(13)5-1-4(10)2-6(12)8(5)11/h1-2H,3H2. The number of ketones is 1. The van der Waals surface area contributed by atoms with Gasteiger partial charge in [0.2, 0.25) is 0 Å². The second kappa shape index (κ2) is 4.27. The predicted octanol–water partition coefficient (Wildman–Crippen LogP) is 3.55. The van der Waals surface area contributed by atoms with Crippen LogP contribution in [0.15, 0.2) is 12.1 Å². The van der Waals surface area contributed by atoms with Gasteiger partial charge in [0.05, 0.1) is 10.9 Å². The summed E-state index contributed by atoms with van der Waals surface area (Å²) in [6, 6.07) is 2.33. The molecule has 0 spiro atoms. The van der Waals surface area contributed by atoms with Gasteiger partial charge in [-0.2, -0.15) is 0 Å². The molecule has 0 N–H and O–H groups in total. The monoisotopic (exact) mass is 240 g/mol. The SMILES string of the molecule is O=C(CCl)c1cc(Cl)cc(F)c1Cl. The molecule has 0 atom stereocenters. The normalized spacial score (nSPS) is 10.2. The van der Waals surface area contributed by atoms with Crippen molar-refractivity contribution in [1.82, 2.24) is 0 Å². The average Bonchev–Trinajstić information content (AvgIpc) is 2.10. The molecule has 1 aromatic carbocycles. The smallest absolute Gasteiger partial charge is 0.179 e. The third kappa shape index (κ3) is 2.33. The van der Waals surface area contributed by atoms with E-state index in [2.05, 4.69) is 0 Å². The van der Waals surface area contributed by atoms with E-state index < -0.39 is 11.6 Å². The maximum Gasteiger partial charge on any atom is 0.179 e. The quantitative estimate of drug-likeness (QED) is 0.440. The number of rotatable bonds is 2. The Morgan fingerprint density at radius 3 is 2.54 bits per heavy atom. The van der Waals surface area contributed by atoms with Crippen LogP contribution < -0.4 is 0 Å². The maximum absolute atomic E-state index is 12.9. The van der Waals surface area contributed by atoms with Crippen LogP contribution in [-0.2, 0) is 0 Å². The lowest BCUT2D eigenvalue weighted by molar-refractivity contribution is 0.102. The van der Waals surface area contributed by atoms with Crippen LogP contribution in [0.2, 0.25) is 10.0 Å². The minimum absolute atomic E-state index is 0.0154. The minimum atomic E-state index is -0.720.